The molecular weight excluding hydrogens is 230 g/mol. The minimum Gasteiger partial charge on any atom is -0.378 e. The number of carbonyl (C=O) groups is 1. The maximum Gasteiger partial charge on any atom is 0.242 e. The van der Waals surface area contributed by atoms with Gasteiger partial charge >= 0.3 is 0 Å². The zero-order valence-electron chi connectivity index (χ0n) is 10.3. The Balaban J connectivity index is 1.69. The van der Waals surface area contributed by atoms with Crippen LogP contribution < -0.4 is 5.32 Å². The van der Waals surface area contributed by atoms with Gasteiger partial charge in [0.05, 0.1) is 13.2 Å². The van der Waals surface area contributed by atoms with Crippen molar-refractivity contribution in [1.29, 1.82) is 0 Å². The lowest BCUT2D eigenvalue weighted by molar-refractivity contribution is -0.137. The van der Waals surface area contributed by atoms with Gasteiger partial charge in [-0.05, 0) is 11.6 Å². The number of pyridine rings is 1. The van der Waals surface area contributed by atoms with Crippen LogP contribution >= 0.6 is 0 Å². The molecule has 3 rings (SSSR count). The van der Waals surface area contributed by atoms with Crippen molar-refractivity contribution in [2.24, 2.45) is 0 Å². The number of nitrogens with one attached hydrogen (secondary N) is 1. The van der Waals surface area contributed by atoms with E-state index in [2.05, 4.69) is 10.3 Å². The van der Waals surface area contributed by atoms with Gasteiger partial charge in [-0.25, -0.2) is 0 Å². The van der Waals surface area contributed by atoms with Gasteiger partial charge in [0.25, 0.3) is 0 Å². The average Bonchev–Trinajstić information content (AvgIpc) is 2.47. The molecule has 0 aliphatic carbocycles. The van der Waals surface area contributed by atoms with Gasteiger partial charge < -0.3 is 15.0 Å². The smallest absolute Gasteiger partial charge is 0.242 e. The van der Waals surface area contributed by atoms with E-state index in [1.807, 2.05) is 23.2 Å². The minimum absolute atomic E-state index is 0.143. The number of amides is 1. The fraction of sp³-hybridized carbons (Fsp3) is 0.538. The van der Waals surface area contributed by atoms with Gasteiger partial charge in [-0.2, -0.15) is 0 Å². The van der Waals surface area contributed by atoms with E-state index in [-0.39, 0.29) is 11.9 Å². The van der Waals surface area contributed by atoms with Gasteiger partial charge in [-0.15, -0.1) is 0 Å². The molecule has 3 heterocycles. The number of nitrogens with zero attached hydrogens (tertiary/aromatic N) is 2. The second-order valence-corrected chi connectivity index (χ2v) is 4.70. The highest BCUT2D eigenvalue weighted by Gasteiger charge is 2.28. The predicted molar refractivity (Wildman–Crippen MR) is 66.0 cm³/mol. The summed E-state index contributed by atoms with van der Waals surface area (Å²) in [5, 5.41) is 3.21. The molecule has 0 bridgehead atoms. The van der Waals surface area contributed by atoms with Crippen LogP contribution in [0.25, 0.3) is 0 Å². The van der Waals surface area contributed by atoms with Gasteiger partial charge in [0, 0.05) is 37.9 Å². The zero-order valence-corrected chi connectivity index (χ0v) is 10.3. The molecule has 0 aromatic carbocycles. The fourth-order valence-corrected chi connectivity index (χ4v) is 2.50. The standard InChI is InChI=1S/C13H17N3O2/c17-13(12-9-18-7-5-15-12)16-6-3-11-10(8-16)2-1-4-14-11/h1-2,4,12,15H,3,5-9H2. The number of morpholine rings is 1. The number of rotatable bonds is 1. The predicted octanol–water partition coefficient (Wildman–Crippen LogP) is -0.0453. The number of carbonyl (C=O) groups excluding carboxylic acids is 1. The molecule has 96 valence electrons. The van der Waals surface area contributed by atoms with Crippen LogP contribution in [-0.4, -0.2) is 48.1 Å². The molecule has 1 aromatic rings. The maximum atomic E-state index is 12.3. The molecule has 1 atom stereocenters. The summed E-state index contributed by atoms with van der Waals surface area (Å²) in [6.07, 6.45) is 2.66. The lowest BCUT2D eigenvalue weighted by Gasteiger charge is -2.33. The highest BCUT2D eigenvalue weighted by atomic mass is 16.5. The van der Waals surface area contributed by atoms with Crippen LogP contribution in [-0.2, 0) is 22.5 Å². The van der Waals surface area contributed by atoms with E-state index >= 15 is 0 Å². The Morgan fingerprint density at radius 2 is 2.50 bits per heavy atom. The van der Waals surface area contributed by atoms with E-state index in [1.54, 1.807) is 0 Å². The molecule has 2 aliphatic heterocycles. The van der Waals surface area contributed by atoms with Crippen LogP contribution in [0.3, 0.4) is 0 Å². The summed E-state index contributed by atoms with van der Waals surface area (Å²) in [5.74, 6) is 0.143. The molecule has 0 saturated carbocycles. The number of hydrogen-bond acceptors (Lipinski definition) is 4. The van der Waals surface area contributed by atoms with E-state index in [1.165, 1.54) is 0 Å². The average molecular weight is 247 g/mol. The molecule has 1 aromatic heterocycles. The Morgan fingerprint density at radius 3 is 3.33 bits per heavy atom. The van der Waals surface area contributed by atoms with Crippen LogP contribution in [0.1, 0.15) is 11.3 Å². The van der Waals surface area contributed by atoms with Crippen LogP contribution in [0.5, 0.6) is 0 Å². The summed E-state index contributed by atoms with van der Waals surface area (Å²) in [7, 11) is 0. The van der Waals surface area contributed by atoms with Gasteiger partial charge in [-0.1, -0.05) is 6.07 Å². The number of aromatic nitrogens is 1. The summed E-state index contributed by atoms with van der Waals surface area (Å²) in [5.41, 5.74) is 2.28. The zero-order chi connectivity index (χ0) is 12.4. The van der Waals surface area contributed by atoms with Gasteiger partial charge in [0.1, 0.15) is 6.04 Å². The molecular formula is C13H17N3O2. The van der Waals surface area contributed by atoms with Crippen LogP contribution in [0.15, 0.2) is 18.3 Å². The third kappa shape index (κ3) is 2.23. The molecule has 1 fully saturated rings. The van der Waals surface area contributed by atoms with E-state index in [0.29, 0.717) is 19.8 Å². The molecule has 0 radical (unpaired) electrons. The number of hydrogen-bond donors (Lipinski definition) is 1. The number of fused-ring (bicyclic) bond motifs is 1. The summed E-state index contributed by atoms with van der Waals surface area (Å²) in [4.78, 5) is 18.6. The Hall–Kier alpha value is -1.46. The van der Waals surface area contributed by atoms with E-state index in [4.69, 9.17) is 4.74 Å². The van der Waals surface area contributed by atoms with E-state index in [9.17, 15) is 4.79 Å². The largest absolute Gasteiger partial charge is 0.378 e. The van der Waals surface area contributed by atoms with E-state index < -0.39 is 0 Å². The highest BCUT2D eigenvalue weighted by Crippen LogP contribution is 2.17. The number of ether oxygens (including phenoxy) is 1. The first-order chi connectivity index (χ1) is 8.84. The van der Waals surface area contributed by atoms with Crippen molar-refractivity contribution in [2.45, 2.75) is 19.0 Å². The monoisotopic (exact) mass is 247 g/mol. The lowest BCUT2D eigenvalue weighted by Crippen LogP contribution is -2.53. The minimum atomic E-state index is -0.183. The summed E-state index contributed by atoms with van der Waals surface area (Å²) in [6.45, 7) is 3.34. The van der Waals surface area contributed by atoms with Crippen LogP contribution in [0.2, 0.25) is 0 Å². The second-order valence-electron chi connectivity index (χ2n) is 4.70. The molecule has 1 amide bonds. The Morgan fingerprint density at radius 1 is 1.56 bits per heavy atom. The fourth-order valence-electron chi connectivity index (χ4n) is 2.50. The summed E-state index contributed by atoms with van der Waals surface area (Å²) >= 11 is 0. The second kappa shape index (κ2) is 5.04. The van der Waals surface area contributed by atoms with Crippen molar-refractivity contribution in [3.05, 3.63) is 29.6 Å². The first-order valence-corrected chi connectivity index (χ1v) is 6.37. The van der Waals surface area contributed by atoms with Crippen molar-refractivity contribution < 1.29 is 9.53 Å². The van der Waals surface area contributed by atoms with Crippen molar-refractivity contribution in [2.75, 3.05) is 26.3 Å². The van der Waals surface area contributed by atoms with Gasteiger partial charge in [0.2, 0.25) is 5.91 Å². The van der Waals surface area contributed by atoms with Gasteiger partial charge in [0.15, 0.2) is 0 Å². The molecule has 1 N–H and O–H groups in total. The van der Waals surface area contributed by atoms with Crippen molar-refractivity contribution in [1.82, 2.24) is 15.2 Å². The SMILES string of the molecule is O=C(C1COCCN1)N1CCc2ncccc2C1. The van der Waals surface area contributed by atoms with Crippen LogP contribution in [0.4, 0.5) is 0 Å². The lowest BCUT2D eigenvalue weighted by atomic mass is 10.0. The highest BCUT2D eigenvalue weighted by molar-refractivity contribution is 5.82. The molecule has 0 spiro atoms. The Labute approximate surface area is 106 Å². The van der Waals surface area contributed by atoms with Crippen molar-refractivity contribution >= 4 is 5.91 Å². The molecule has 18 heavy (non-hydrogen) atoms. The third-order valence-electron chi connectivity index (χ3n) is 3.50. The molecule has 1 saturated heterocycles. The Kier molecular flexibility index (Phi) is 3.25. The Bertz CT molecular complexity index is 444. The molecule has 1 unspecified atom stereocenters. The topological polar surface area (TPSA) is 54.5 Å². The normalized spacial score (nSPS) is 23.6. The molecule has 5 heteroatoms. The molecule has 5 nitrogen and oxygen atoms in total. The van der Waals surface area contributed by atoms with Crippen molar-refractivity contribution in [3.8, 4) is 0 Å². The van der Waals surface area contributed by atoms with Crippen molar-refractivity contribution in [3.63, 3.8) is 0 Å². The quantitative estimate of drug-likeness (QED) is 0.756. The third-order valence-corrected chi connectivity index (χ3v) is 3.50. The van der Waals surface area contributed by atoms with Crippen LogP contribution in [0, 0.1) is 0 Å². The first-order valence-electron chi connectivity index (χ1n) is 6.37. The first kappa shape index (κ1) is 11.6. The van der Waals surface area contributed by atoms with E-state index in [0.717, 1.165) is 30.8 Å². The maximum absolute atomic E-state index is 12.3. The van der Waals surface area contributed by atoms with Gasteiger partial charge in [-0.3, -0.25) is 9.78 Å². The molecule has 2 aliphatic rings. The summed E-state index contributed by atoms with van der Waals surface area (Å²) < 4.78 is 5.34. The summed E-state index contributed by atoms with van der Waals surface area (Å²) in [6, 6.07) is 3.79.